The van der Waals surface area contributed by atoms with Gasteiger partial charge in [-0.2, -0.15) is 0 Å². The van der Waals surface area contributed by atoms with Crippen molar-refractivity contribution in [2.75, 3.05) is 0 Å². The standard InChI is InChI=1S/C17H20O/c1-10-6-12(3)14(5)15(8-10)16-9-11(2)7-13(4)17(16)18/h6-9,18H,1-5H3. The molecule has 0 amide bonds. The maximum atomic E-state index is 10.3. The lowest BCUT2D eigenvalue weighted by Gasteiger charge is -2.14. The molecule has 0 radical (unpaired) electrons. The molecule has 18 heavy (non-hydrogen) atoms. The Kier molecular flexibility index (Phi) is 3.16. The second-order valence-corrected chi connectivity index (χ2v) is 5.23. The van der Waals surface area contributed by atoms with E-state index in [-0.39, 0.29) is 0 Å². The first-order valence-electron chi connectivity index (χ1n) is 6.28. The van der Waals surface area contributed by atoms with Crippen molar-refractivity contribution in [3.63, 3.8) is 0 Å². The van der Waals surface area contributed by atoms with Gasteiger partial charge >= 0.3 is 0 Å². The predicted molar refractivity (Wildman–Crippen MR) is 77.2 cm³/mol. The van der Waals surface area contributed by atoms with Gasteiger partial charge in [-0.15, -0.1) is 0 Å². The molecule has 2 rings (SSSR count). The fourth-order valence-corrected chi connectivity index (χ4v) is 2.48. The quantitative estimate of drug-likeness (QED) is 0.772. The number of phenols is 1. The van der Waals surface area contributed by atoms with Gasteiger partial charge in [-0.3, -0.25) is 0 Å². The first-order valence-corrected chi connectivity index (χ1v) is 6.28. The van der Waals surface area contributed by atoms with E-state index in [0.717, 1.165) is 16.7 Å². The smallest absolute Gasteiger partial charge is 0.126 e. The normalized spacial score (nSPS) is 10.7. The van der Waals surface area contributed by atoms with Crippen LogP contribution in [0.4, 0.5) is 0 Å². The number of rotatable bonds is 1. The molecular weight excluding hydrogens is 220 g/mol. The molecule has 0 atom stereocenters. The summed E-state index contributed by atoms with van der Waals surface area (Å²) < 4.78 is 0. The van der Waals surface area contributed by atoms with Crippen LogP contribution in [0.15, 0.2) is 24.3 Å². The fourth-order valence-electron chi connectivity index (χ4n) is 2.48. The van der Waals surface area contributed by atoms with Gasteiger partial charge in [0.1, 0.15) is 5.75 Å². The highest BCUT2D eigenvalue weighted by Crippen LogP contribution is 2.36. The molecule has 1 heteroatoms. The Morgan fingerprint density at radius 1 is 0.667 bits per heavy atom. The van der Waals surface area contributed by atoms with Crippen LogP contribution in [0, 0.1) is 34.6 Å². The third-order valence-electron chi connectivity index (χ3n) is 3.55. The van der Waals surface area contributed by atoms with Crippen molar-refractivity contribution >= 4 is 0 Å². The minimum atomic E-state index is 0.397. The zero-order valence-corrected chi connectivity index (χ0v) is 11.8. The number of aryl methyl sites for hydroxylation is 4. The van der Waals surface area contributed by atoms with E-state index in [0.29, 0.717) is 5.75 Å². The number of aromatic hydroxyl groups is 1. The van der Waals surface area contributed by atoms with Crippen LogP contribution in [0.5, 0.6) is 5.75 Å². The maximum absolute atomic E-state index is 10.3. The Balaban J connectivity index is 2.77. The average Bonchev–Trinajstić information content (AvgIpc) is 2.28. The zero-order chi connectivity index (χ0) is 13.4. The van der Waals surface area contributed by atoms with Gasteiger partial charge in [-0.25, -0.2) is 0 Å². The largest absolute Gasteiger partial charge is 0.507 e. The highest BCUT2D eigenvalue weighted by molar-refractivity contribution is 5.76. The number of phenolic OH excluding ortho intramolecular Hbond substituents is 1. The summed E-state index contributed by atoms with van der Waals surface area (Å²) in [6, 6.07) is 8.40. The van der Waals surface area contributed by atoms with E-state index in [1.807, 2.05) is 13.0 Å². The van der Waals surface area contributed by atoms with Crippen molar-refractivity contribution in [3.05, 3.63) is 52.1 Å². The van der Waals surface area contributed by atoms with Gasteiger partial charge in [0, 0.05) is 5.56 Å². The van der Waals surface area contributed by atoms with E-state index in [1.54, 1.807) is 0 Å². The van der Waals surface area contributed by atoms with E-state index in [1.165, 1.54) is 22.3 Å². The molecule has 94 valence electrons. The number of hydrogen-bond acceptors (Lipinski definition) is 1. The van der Waals surface area contributed by atoms with Gasteiger partial charge in [0.05, 0.1) is 0 Å². The summed E-state index contributed by atoms with van der Waals surface area (Å²) in [4.78, 5) is 0. The molecule has 0 heterocycles. The van der Waals surface area contributed by atoms with Crippen LogP contribution in [0.1, 0.15) is 27.8 Å². The van der Waals surface area contributed by atoms with Gasteiger partial charge in [0.2, 0.25) is 0 Å². The molecule has 0 bridgehead atoms. The molecule has 0 aliphatic heterocycles. The Hall–Kier alpha value is -1.76. The van der Waals surface area contributed by atoms with Crippen LogP contribution in [0.25, 0.3) is 11.1 Å². The maximum Gasteiger partial charge on any atom is 0.126 e. The van der Waals surface area contributed by atoms with E-state index in [4.69, 9.17) is 0 Å². The Morgan fingerprint density at radius 2 is 1.17 bits per heavy atom. The monoisotopic (exact) mass is 240 g/mol. The molecule has 0 spiro atoms. The molecule has 0 aliphatic carbocycles. The Morgan fingerprint density at radius 3 is 1.78 bits per heavy atom. The van der Waals surface area contributed by atoms with Gasteiger partial charge in [0.25, 0.3) is 0 Å². The lowest BCUT2D eigenvalue weighted by atomic mass is 9.92. The highest BCUT2D eigenvalue weighted by atomic mass is 16.3. The van der Waals surface area contributed by atoms with Crippen LogP contribution in [-0.4, -0.2) is 5.11 Å². The highest BCUT2D eigenvalue weighted by Gasteiger charge is 2.12. The Labute approximate surface area is 109 Å². The molecule has 2 aromatic rings. The molecular formula is C17H20O. The summed E-state index contributed by atoms with van der Waals surface area (Å²) in [6.45, 7) is 10.3. The van der Waals surface area contributed by atoms with Gasteiger partial charge in [-0.1, -0.05) is 23.8 Å². The van der Waals surface area contributed by atoms with Crippen molar-refractivity contribution in [2.24, 2.45) is 0 Å². The minimum absolute atomic E-state index is 0.397. The molecule has 0 saturated heterocycles. The summed E-state index contributed by atoms with van der Waals surface area (Å²) in [5.74, 6) is 0.397. The zero-order valence-electron chi connectivity index (χ0n) is 11.8. The predicted octanol–water partition coefficient (Wildman–Crippen LogP) is 4.60. The van der Waals surface area contributed by atoms with Crippen LogP contribution in [-0.2, 0) is 0 Å². The summed E-state index contributed by atoms with van der Waals surface area (Å²) in [5, 5.41) is 10.3. The van der Waals surface area contributed by atoms with Crippen molar-refractivity contribution in [1.82, 2.24) is 0 Å². The molecule has 0 fully saturated rings. The molecule has 0 aliphatic rings. The molecule has 1 N–H and O–H groups in total. The van der Waals surface area contributed by atoms with Crippen molar-refractivity contribution < 1.29 is 5.11 Å². The van der Waals surface area contributed by atoms with E-state index < -0.39 is 0 Å². The van der Waals surface area contributed by atoms with E-state index in [2.05, 4.69) is 45.9 Å². The molecule has 0 aromatic heterocycles. The molecule has 2 aromatic carbocycles. The third kappa shape index (κ3) is 2.13. The van der Waals surface area contributed by atoms with Crippen molar-refractivity contribution in [1.29, 1.82) is 0 Å². The van der Waals surface area contributed by atoms with Gasteiger partial charge in [-0.05, 0) is 68.5 Å². The van der Waals surface area contributed by atoms with Crippen LogP contribution < -0.4 is 0 Å². The van der Waals surface area contributed by atoms with Gasteiger partial charge < -0.3 is 5.11 Å². The summed E-state index contributed by atoms with van der Waals surface area (Å²) >= 11 is 0. The van der Waals surface area contributed by atoms with Crippen LogP contribution in [0.3, 0.4) is 0 Å². The minimum Gasteiger partial charge on any atom is -0.507 e. The average molecular weight is 240 g/mol. The second-order valence-electron chi connectivity index (χ2n) is 5.23. The van der Waals surface area contributed by atoms with E-state index >= 15 is 0 Å². The molecule has 0 unspecified atom stereocenters. The SMILES string of the molecule is Cc1cc(C)c(C)c(-c2cc(C)cc(C)c2O)c1. The van der Waals surface area contributed by atoms with Gasteiger partial charge in [0.15, 0.2) is 0 Å². The first kappa shape index (κ1) is 12.7. The lowest BCUT2D eigenvalue weighted by molar-refractivity contribution is 0.473. The summed E-state index contributed by atoms with van der Waals surface area (Å²) in [7, 11) is 0. The summed E-state index contributed by atoms with van der Waals surface area (Å²) in [5.41, 5.74) is 7.92. The fraction of sp³-hybridized carbons (Fsp3) is 0.294. The van der Waals surface area contributed by atoms with E-state index in [9.17, 15) is 5.11 Å². The van der Waals surface area contributed by atoms with Crippen LogP contribution >= 0.6 is 0 Å². The lowest BCUT2D eigenvalue weighted by Crippen LogP contribution is -1.92. The topological polar surface area (TPSA) is 20.2 Å². The molecule has 1 nitrogen and oxygen atoms in total. The van der Waals surface area contributed by atoms with Crippen molar-refractivity contribution in [2.45, 2.75) is 34.6 Å². The first-order chi connectivity index (χ1) is 8.40. The Bertz CT molecular complexity index is 554. The number of hydrogen-bond donors (Lipinski definition) is 1. The summed E-state index contributed by atoms with van der Waals surface area (Å²) in [6.07, 6.45) is 0. The number of benzene rings is 2. The second kappa shape index (κ2) is 4.49. The van der Waals surface area contributed by atoms with Crippen LogP contribution in [0.2, 0.25) is 0 Å². The third-order valence-corrected chi connectivity index (χ3v) is 3.55. The van der Waals surface area contributed by atoms with Crippen molar-refractivity contribution in [3.8, 4) is 16.9 Å². The molecule has 0 saturated carbocycles.